The van der Waals surface area contributed by atoms with Gasteiger partial charge in [-0.25, -0.2) is 9.78 Å². The Morgan fingerprint density at radius 1 is 1.40 bits per heavy atom. The molecule has 1 atom stereocenters. The number of hydrogen-bond donors (Lipinski definition) is 1. The lowest BCUT2D eigenvalue weighted by molar-refractivity contribution is 0.0696. The van der Waals surface area contributed by atoms with Crippen LogP contribution in [0.4, 0.5) is 5.82 Å². The standard InChI is InChI=1S/C16H24N2O2/c1-3-7-14-8-5-6-9-18(14)15-11-12(16(19)20)10-13(4-2)17-15/h10-11,14H,3-9H2,1-2H3,(H,19,20). The number of nitrogens with zero attached hydrogens (tertiary/aromatic N) is 2. The van der Waals surface area contributed by atoms with Gasteiger partial charge in [0.15, 0.2) is 0 Å². The summed E-state index contributed by atoms with van der Waals surface area (Å²) in [4.78, 5) is 18.2. The highest BCUT2D eigenvalue weighted by Gasteiger charge is 2.24. The van der Waals surface area contributed by atoms with Crippen molar-refractivity contribution in [2.75, 3.05) is 11.4 Å². The Kier molecular flexibility index (Phi) is 4.99. The number of carbonyl (C=O) groups is 1. The van der Waals surface area contributed by atoms with Gasteiger partial charge in [0, 0.05) is 18.3 Å². The van der Waals surface area contributed by atoms with Crippen LogP contribution in [0, 0.1) is 0 Å². The van der Waals surface area contributed by atoms with E-state index in [-0.39, 0.29) is 0 Å². The Labute approximate surface area is 120 Å². The SMILES string of the molecule is CCCC1CCCCN1c1cc(C(=O)O)cc(CC)n1. The molecule has 0 bridgehead atoms. The third-order valence-electron chi connectivity index (χ3n) is 4.02. The van der Waals surface area contributed by atoms with Crippen LogP contribution < -0.4 is 4.90 Å². The van der Waals surface area contributed by atoms with Gasteiger partial charge in [-0.1, -0.05) is 20.3 Å². The van der Waals surface area contributed by atoms with Gasteiger partial charge in [0.05, 0.1) is 5.56 Å². The van der Waals surface area contributed by atoms with Crippen LogP contribution in [0.1, 0.15) is 62.0 Å². The summed E-state index contributed by atoms with van der Waals surface area (Å²) in [6.07, 6.45) is 6.69. The van der Waals surface area contributed by atoms with Gasteiger partial charge in [0.2, 0.25) is 0 Å². The van der Waals surface area contributed by atoms with Crippen molar-refractivity contribution in [2.24, 2.45) is 0 Å². The summed E-state index contributed by atoms with van der Waals surface area (Å²) in [6, 6.07) is 3.93. The topological polar surface area (TPSA) is 53.4 Å². The zero-order chi connectivity index (χ0) is 14.5. The van der Waals surface area contributed by atoms with Gasteiger partial charge in [0.25, 0.3) is 0 Å². The minimum atomic E-state index is -0.868. The molecule has 1 unspecified atom stereocenters. The van der Waals surface area contributed by atoms with E-state index in [4.69, 9.17) is 0 Å². The van der Waals surface area contributed by atoms with E-state index in [0.29, 0.717) is 11.6 Å². The van der Waals surface area contributed by atoms with E-state index < -0.39 is 5.97 Å². The maximum Gasteiger partial charge on any atom is 0.335 e. The van der Waals surface area contributed by atoms with Crippen LogP contribution in [-0.4, -0.2) is 28.6 Å². The summed E-state index contributed by atoms with van der Waals surface area (Å²) in [5, 5.41) is 9.25. The molecule has 4 nitrogen and oxygen atoms in total. The third kappa shape index (κ3) is 3.30. The highest BCUT2D eigenvalue weighted by Crippen LogP contribution is 2.27. The van der Waals surface area contributed by atoms with Gasteiger partial charge < -0.3 is 10.0 Å². The second-order valence-corrected chi connectivity index (χ2v) is 5.50. The van der Waals surface area contributed by atoms with Crippen LogP contribution in [0.2, 0.25) is 0 Å². The Morgan fingerprint density at radius 2 is 2.20 bits per heavy atom. The second kappa shape index (κ2) is 6.73. The smallest absolute Gasteiger partial charge is 0.335 e. The number of rotatable bonds is 5. The molecule has 1 saturated heterocycles. The van der Waals surface area contributed by atoms with Gasteiger partial charge in [-0.3, -0.25) is 0 Å². The first-order chi connectivity index (χ1) is 9.65. The first kappa shape index (κ1) is 14.8. The van der Waals surface area contributed by atoms with Gasteiger partial charge in [-0.05, 0) is 44.2 Å². The van der Waals surface area contributed by atoms with Crippen molar-refractivity contribution in [3.63, 3.8) is 0 Å². The number of pyridine rings is 1. The fraction of sp³-hybridized carbons (Fsp3) is 0.625. The van der Waals surface area contributed by atoms with Gasteiger partial charge in [0.1, 0.15) is 5.82 Å². The molecule has 0 aliphatic carbocycles. The quantitative estimate of drug-likeness (QED) is 0.894. The van der Waals surface area contributed by atoms with E-state index >= 15 is 0 Å². The number of carboxylic acids is 1. The number of piperidine rings is 1. The van der Waals surface area contributed by atoms with Crippen LogP contribution in [0.15, 0.2) is 12.1 Å². The number of aromatic nitrogens is 1. The summed E-state index contributed by atoms with van der Waals surface area (Å²) in [7, 11) is 0. The zero-order valence-electron chi connectivity index (χ0n) is 12.4. The van der Waals surface area contributed by atoms with E-state index in [2.05, 4.69) is 16.8 Å². The highest BCUT2D eigenvalue weighted by molar-refractivity contribution is 5.88. The largest absolute Gasteiger partial charge is 0.478 e. The number of carboxylic acid groups (broad SMARTS) is 1. The van der Waals surface area contributed by atoms with E-state index in [1.165, 1.54) is 19.3 Å². The van der Waals surface area contributed by atoms with E-state index in [0.717, 1.165) is 37.3 Å². The fourth-order valence-corrected chi connectivity index (χ4v) is 2.96. The van der Waals surface area contributed by atoms with E-state index in [1.54, 1.807) is 12.1 Å². The minimum absolute atomic E-state index is 0.354. The van der Waals surface area contributed by atoms with Crippen molar-refractivity contribution in [1.29, 1.82) is 0 Å². The van der Waals surface area contributed by atoms with Crippen molar-refractivity contribution >= 4 is 11.8 Å². The van der Waals surface area contributed by atoms with Crippen LogP contribution in [0.3, 0.4) is 0 Å². The highest BCUT2D eigenvalue weighted by atomic mass is 16.4. The molecule has 4 heteroatoms. The molecule has 1 N–H and O–H groups in total. The predicted molar refractivity (Wildman–Crippen MR) is 80.5 cm³/mol. The van der Waals surface area contributed by atoms with Crippen LogP contribution in [-0.2, 0) is 6.42 Å². The molecule has 2 heterocycles. The number of aromatic carboxylic acids is 1. The molecule has 20 heavy (non-hydrogen) atoms. The van der Waals surface area contributed by atoms with Crippen molar-refractivity contribution in [3.8, 4) is 0 Å². The Morgan fingerprint density at radius 3 is 2.85 bits per heavy atom. The zero-order valence-corrected chi connectivity index (χ0v) is 12.4. The molecule has 0 radical (unpaired) electrons. The van der Waals surface area contributed by atoms with E-state index in [1.807, 2.05) is 6.92 Å². The average Bonchev–Trinajstić information content (AvgIpc) is 2.47. The lowest BCUT2D eigenvalue weighted by Gasteiger charge is -2.37. The summed E-state index contributed by atoms with van der Waals surface area (Å²) in [5.41, 5.74) is 1.22. The molecule has 0 spiro atoms. The predicted octanol–water partition coefficient (Wildman–Crippen LogP) is 3.50. The summed E-state index contributed by atoms with van der Waals surface area (Å²) < 4.78 is 0. The molecule has 1 aliphatic heterocycles. The van der Waals surface area contributed by atoms with Crippen LogP contribution in [0.25, 0.3) is 0 Å². The molecule has 0 amide bonds. The molecule has 110 valence electrons. The monoisotopic (exact) mass is 276 g/mol. The Hall–Kier alpha value is -1.58. The van der Waals surface area contributed by atoms with Crippen molar-refractivity contribution in [1.82, 2.24) is 4.98 Å². The van der Waals surface area contributed by atoms with Crippen molar-refractivity contribution in [3.05, 3.63) is 23.4 Å². The third-order valence-corrected chi connectivity index (χ3v) is 4.02. The maximum absolute atomic E-state index is 11.3. The van der Waals surface area contributed by atoms with Gasteiger partial charge in [-0.2, -0.15) is 0 Å². The molecule has 1 fully saturated rings. The molecular weight excluding hydrogens is 252 g/mol. The normalized spacial score (nSPS) is 19.1. The first-order valence-electron chi connectivity index (χ1n) is 7.66. The number of aryl methyl sites for hydroxylation is 1. The van der Waals surface area contributed by atoms with Crippen LogP contribution >= 0.6 is 0 Å². The summed E-state index contributed by atoms with van der Waals surface area (Å²) in [5.74, 6) is -0.0210. The van der Waals surface area contributed by atoms with E-state index in [9.17, 15) is 9.90 Å². The number of anilines is 1. The summed E-state index contributed by atoms with van der Waals surface area (Å²) in [6.45, 7) is 5.20. The van der Waals surface area contributed by atoms with Crippen molar-refractivity contribution in [2.45, 2.75) is 58.4 Å². The maximum atomic E-state index is 11.3. The molecule has 0 saturated carbocycles. The Bertz CT molecular complexity index is 472. The molecule has 2 rings (SSSR count). The second-order valence-electron chi connectivity index (χ2n) is 5.50. The molecular formula is C16H24N2O2. The van der Waals surface area contributed by atoms with Gasteiger partial charge in [-0.15, -0.1) is 0 Å². The van der Waals surface area contributed by atoms with Gasteiger partial charge >= 0.3 is 5.97 Å². The minimum Gasteiger partial charge on any atom is -0.478 e. The molecule has 1 aromatic heterocycles. The average molecular weight is 276 g/mol. The molecule has 0 aromatic carbocycles. The first-order valence-corrected chi connectivity index (χ1v) is 7.66. The van der Waals surface area contributed by atoms with Crippen molar-refractivity contribution < 1.29 is 9.90 Å². The number of hydrogen-bond acceptors (Lipinski definition) is 3. The van der Waals surface area contributed by atoms with Crippen LogP contribution in [0.5, 0.6) is 0 Å². The summed E-state index contributed by atoms with van der Waals surface area (Å²) >= 11 is 0. The molecule has 1 aromatic rings. The fourth-order valence-electron chi connectivity index (χ4n) is 2.96. The molecule has 1 aliphatic rings. The Balaban J connectivity index is 2.33. The lowest BCUT2D eigenvalue weighted by atomic mass is 9.98. The lowest BCUT2D eigenvalue weighted by Crippen LogP contribution is -2.40.